The van der Waals surface area contributed by atoms with Gasteiger partial charge in [-0.3, -0.25) is 9.59 Å². The number of benzene rings is 1. The summed E-state index contributed by atoms with van der Waals surface area (Å²) in [6.07, 6.45) is 2.30. The number of hydrogen-bond donors (Lipinski definition) is 2. The molecule has 0 saturated heterocycles. The van der Waals surface area contributed by atoms with E-state index >= 15 is 0 Å². The Morgan fingerprint density at radius 1 is 1.16 bits per heavy atom. The van der Waals surface area contributed by atoms with Crippen molar-refractivity contribution < 1.29 is 9.59 Å². The highest BCUT2D eigenvalue weighted by atomic mass is 16.2. The second-order valence-electron chi connectivity index (χ2n) is 4.66. The van der Waals surface area contributed by atoms with Crippen LogP contribution in [0.25, 0.3) is 0 Å². The molecule has 19 heavy (non-hydrogen) atoms. The Labute approximate surface area is 114 Å². The maximum atomic E-state index is 11.9. The lowest BCUT2D eigenvalue weighted by molar-refractivity contribution is -0.119. The number of carbonyl (C=O) groups excluding carboxylic acids is 2. The van der Waals surface area contributed by atoms with E-state index in [4.69, 9.17) is 0 Å². The summed E-state index contributed by atoms with van der Waals surface area (Å²) in [5.74, 6) is -0.0254. The van der Waals surface area contributed by atoms with E-state index in [9.17, 15) is 9.59 Å². The summed E-state index contributed by atoms with van der Waals surface area (Å²) < 4.78 is 0. The highest BCUT2D eigenvalue weighted by Crippen LogP contribution is 2.17. The second-order valence-corrected chi connectivity index (χ2v) is 4.66. The van der Waals surface area contributed by atoms with Gasteiger partial charge >= 0.3 is 0 Å². The smallest absolute Gasteiger partial charge is 0.227 e. The van der Waals surface area contributed by atoms with Crippen LogP contribution < -0.4 is 10.6 Å². The highest BCUT2D eigenvalue weighted by molar-refractivity contribution is 5.94. The van der Waals surface area contributed by atoms with Crippen molar-refractivity contribution in [1.29, 1.82) is 0 Å². The fourth-order valence-electron chi connectivity index (χ4n) is 1.75. The van der Waals surface area contributed by atoms with Gasteiger partial charge in [0.15, 0.2) is 0 Å². The van der Waals surface area contributed by atoms with Crippen LogP contribution in [0.2, 0.25) is 0 Å². The molecule has 1 aromatic carbocycles. The summed E-state index contributed by atoms with van der Waals surface area (Å²) in [5.41, 5.74) is 1.41. The fourth-order valence-corrected chi connectivity index (χ4v) is 1.75. The molecule has 4 nitrogen and oxygen atoms in total. The molecule has 0 aliphatic carbocycles. The van der Waals surface area contributed by atoms with Gasteiger partial charge in [-0.05, 0) is 24.6 Å². The lowest BCUT2D eigenvalue weighted by Gasteiger charge is -2.12. The van der Waals surface area contributed by atoms with Crippen LogP contribution >= 0.6 is 0 Å². The average molecular weight is 262 g/mol. The van der Waals surface area contributed by atoms with Crippen LogP contribution in [0.15, 0.2) is 24.3 Å². The number of nitrogens with one attached hydrogen (secondary N) is 2. The molecule has 0 aliphatic rings. The summed E-state index contributed by atoms with van der Waals surface area (Å²) in [7, 11) is 0. The third kappa shape index (κ3) is 5.12. The van der Waals surface area contributed by atoms with Crippen LogP contribution in [-0.2, 0) is 9.59 Å². The van der Waals surface area contributed by atoms with E-state index in [0.29, 0.717) is 17.8 Å². The van der Waals surface area contributed by atoms with Gasteiger partial charge in [-0.25, -0.2) is 0 Å². The zero-order valence-electron chi connectivity index (χ0n) is 11.8. The molecule has 2 amide bonds. The molecule has 0 saturated carbocycles. The predicted octanol–water partition coefficient (Wildman–Crippen LogP) is 3.41. The van der Waals surface area contributed by atoms with Crippen LogP contribution in [0.3, 0.4) is 0 Å². The molecule has 0 spiro atoms. The fraction of sp³-hybridized carbons (Fsp3) is 0.467. The molecular formula is C15H22N2O2. The van der Waals surface area contributed by atoms with Gasteiger partial charge in [-0.1, -0.05) is 33.3 Å². The van der Waals surface area contributed by atoms with E-state index in [2.05, 4.69) is 17.6 Å². The van der Waals surface area contributed by atoms with Gasteiger partial charge in [-0.2, -0.15) is 0 Å². The third-order valence-electron chi connectivity index (χ3n) is 2.90. The minimum absolute atomic E-state index is 0.00103. The molecule has 0 aromatic heterocycles. The van der Waals surface area contributed by atoms with Crippen molar-refractivity contribution in [3.63, 3.8) is 0 Å². The summed E-state index contributed by atoms with van der Waals surface area (Å²) in [6.45, 7) is 5.78. The molecular weight excluding hydrogens is 240 g/mol. The van der Waals surface area contributed by atoms with Crippen LogP contribution in [0, 0.1) is 5.92 Å². The van der Waals surface area contributed by atoms with E-state index in [1.807, 2.05) is 19.1 Å². The zero-order chi connectivity index (χ0) is 14.3. The van der Waals surface area contributed by atoms with Gasteiger partial charge in [-0.15, -0.1) is 0 Å². The highest BCUT2D eigenvalue weighted by Gasteiger charge is 2.11. The molecule has 4 heteroatoms. The van der Waals surface area contributed by atoms with Crippen molar-refractivity contribution in [2.45, 2.75) is 40.0 Å². The van der Waals surface area contributed by atoms with Gasteiger partial charge < -0.3 is 10.6 Å². The third-order valence-corrected chi connectivity index (χ3v) is 2.90. The van der Waals surface area contributed by atoms with Crippen LogP contribution in [0.4, 0.5) is 11.4 Å². The number of anilines is 2. The number of hydrogen-bond acceptors (Lipinski definition) is 2. The average Bonchev–Trinajstić information content (AvgIpc) is 2.39. The molecule has 0 aliphatic heterocycles. The first kappa shape index (κ1) is 15.2. The van der Waals surface area contributed by atoms with Crippen molar-refractivity contribution >= 4 is 23.2 Å². The lowest BCUT2D eigenvalue weighted by atomic mass is 10.1. The van der Waals surface area contributed by atoms with Crippen molar-refractivity contribution in [3.8, 4) is 0 Å². The van der Waals surface area contributed by atoms with Gasteiger partial charge in [0, 0.05) is 23.7 Å². The van der Waals surface area contributed by atoms with Gasteiger partial charge in [0.05, 0.1) is 0 Å². The normalized spacial score (nSPS) is 11.7. The standard InChI is InChI=1S/C15H22N2O2/c1-4-7-11(3)15(19)17-13-9-6-8-12(10-13)16-14(18)5-2/h6,8-11H,4-5,7H2,1-3H3,(H,16,18)(H,17,19). The van der Waals surface area contributed by atoms with Crippen molar-refractivity contribution in [3.05, 3.63) is 24.3 Å². The molecule has 0 bridgehead atoms. The first-order valence-electron chi connectivity index (χ1n) is 6.77. The molecule has 104 valence electrons. The maximum Gasteiger partial charge on any atom is 0.227 e. The minimum atomic E-state index is -0.0390. The molecule has 0 radical (unpaired) electrons. The maximum absolute atomic E-state index is 11.9. The Morgan fingerprint density at radius 2 is 1.79 bits per heavy atom. The van der Waals surface area contributed by atoms with Crippen LogP contribution in [-0.4, -0.2) is 11.8 Å². The van der Waals surface area contributed by atoms with Crippen molar-refractivity contribution in [2.24, 2.45) is 5.92 Å². The molecule has 0 heterocycles. The van der Waals surface area contributed by atoms with E-state index in [-0.39, 0.29) is 17.7 Å². The van der Waals surface area contributed by atoms with Crippen molar-refractivity contribution in [1.82, 2.24) is 0 Å². The monoisotopic (exact) mass is 262 g/mol. The van der Waals surface area contributed by atoms with Gasteiger partial charge in [0.1, 0.15) is 0 Å². The largest absolute Gasteiger partial charge is 0.326 e. The molecule has 1 unspecified atom stereocenters. The molecule has 2 N–H and O–H groups in total. The minimum Gasteiger partial charge on any atom is -0.326 e. The van der Waals surface area contributed by atoms with E-state index in [1.54, 1.807) is 19.1 Å². The summed E-state index contributed by atoms with van der Waals surface area (Å²) >= 11 is 0. The zero-order valence-corrected chi connectivity index (χ0v) is 11.8. The van der Waals surface area contributed by atoms with Crippen LogP contribution in [0.1, 0.15) is 40.0 Å². The van der Waals surface area contributed by atoms with E-state index in [0.717, 1.165) is 12.8 Å². The Hall–Kier alpha value is -1.84. The SMILES string of the molecule is CCCC(C)C(=O)Nc1cccc(NC(=O)CC)c1. The van der Waals surface area contributed by atoms with E-state index in [1.165, 1.54) is 0 Å². The first-order chi connectivity index (χ1) is 9.06. The number of amides is 2. The van der Waals surface area contributed by atoms with Crippen LogP contribution in [0.5, 0.6) is 0 Å². The Balaban J connectivity index is 2.66. The van der Waals surface area contributed by atoms with Crippen molar-refractivity contribution in [2.75, 3.05) is 10.6 Å². The molecule has 0 fully saturated rings. The molecule has 1 rings (SSSR count). The Morgan fingerprint density at radius 3 is 2.37 bits per heavy atom. The molecule has 1 aromatic rings. The molecule has 1 atom stereocenters. The summed E-state index contributed by atoms with van der Waals surface area (Å²) in [5, 5.41) is 5.64. The second kappa shape index (κ2) is 7.56. The number of rotatable bonds is 6. The predicted molar refractivity (Wildman–Crippen MR) is 78.1 cm³/mol. The van der Waals surface area contributed by atoms with E-state index < -0.39 is 0 Å². The van der Waals surface area contributed by atoms with Gasteiger partial charge in [0.25, 0.3) is 0 Å². The number of carbonyl (C=O) groups is 2. The lowest BCUT2D eigenvalue weighted by Crippen LogP contribution is -2.20. The Bertz CT molecular complexity index is 444. The summed E-state index contributed by atoms with van der Waals surface area (Å²) in [6, 6.07) is 7.20. The summed E-state index contributed by atoms with van der Waals surface area (Å²) in [4.78, 5) is 23.2. The Kier molecular flexibility index (Phi) is 6.06. The van der Waals surface area contributed by atoms with Gasteiger partial charge in [0.2, 0.25) is 11.8 Å². The topological polar surface area (TPSA) is 58.2 Å². The quantitative estimate of drug-likeness (QED) is 0.825. The first-order valence-corrected chi connectivity index (χ1v) is 6.77.